The molecule has 2 N–H and O–H groups in total. The number of nitrogens with zero attached hydrogens (tertiary/aromatic N) is 1. The van der Waals surface area contributed by atoms with Crippen LogP contribution < -0.4 is 10.6 Å². The van der Waals surface area contributed by atoms with Crippen LogP contribution in [0.2, 0.25) is 0 Å². The Morgan fingerprint density at radius 2 is 1.96 bits per heavy atom. The fourth-order valence-electron chi connectivity index (χ4n) is 3.61. The van der Waals surface area contributed by atoms with Gasteiger partial charge in [0.2, 0.25) is 5.91 Å². The maximum Gasteiger partial charge on any atom is 0.238 e. The van der Waals surface area contributed by atoms with Crippen LogP contribution in [0.4, 0.5) is 5.69 Å². The van der Waals surface area contributed by atoms with Gasteiger partial charge in [-0.15, -0.1) is 12.4 Å². The van der Waals surface area contributed by atoms with Crippen molar-refractivity contribution in [2.75, 3.05) is 38.0 Å². The van der Waals surface area contributed by atoms with E-state index >= 15 is 0 Å². The molecule has 2 saturated heterocycles. The third-order valence-corrected chi connectivity index (χ3v) is 5.02. The highest BCUT2D eigenvalue weighted by molar-refractivity contribution is 5.92. The maximum absolute atomic E-state index is 12.2. The van der Waals surface area contributed by atoms with E-state index in [0.29, 0.717) is 12.5 Å². The van der Waals surface area contributed by atoms with E-state index in [0.717, 1.165) is 43.7 Å². The van der Waals surface area contributed by atoms with Crippen molar-refractivity contribution in [2.24, 2.45) is 11.8 Å². The van der Waals surface area contributed by atoms with Crippen molar-refractivity contribution in [1.82, 2.24) is 10.2 Å². The lowest BCUT2D eigenvalue weighted by atomic mass is 9.89. The molecule has 1 aromatic carbocycles. The average Bonchev–Trinajstić information content (AvgIpc) is 2.95. The summed E-state index contributed by atoms with van der Waals surface area (Å²) in [4.78, 5) is 14.5. The molecule has 2 aliphatic rings. The molecule has 2 fully saturated rings. The quantitative estimate of drug-likeness (QED) is 0.888. The number of carbonyl (C=O) groups is 1. The molecule has 0 radical (unpaired) electrons. The van der Waals surface area contributed by atoms with E-state index in [1.54, 1.807) is 0 Å². The predicted molar refractivity (Wildman–Crippen MR) is 97.3 cm³/mol. The lowest BCUT2D eigenvalue weighted by Gasteiger charge is -2.33. The second-order valence-electron chi connectivity index (χ2n) is 7.03. The first-order valence-electron chi connectivity index (χ1n) is 8.44. The Balaban J connectivity index is 0.00000192. The van der Waals surface area contributed by atoms with Gasteiger partial charge in [0.25, 0.3) is 0 Å². The molecule has 0 aliphatic carbocycles. The Morgan fingerprint density at radius 1 is 1.26 bits per heavy atom. The van der Waals surface area contributed by atoms with Gasteiger partial charge < -0.3 is 10.6 Å². The van der Waals surface area contributed by atoms with Gasteiger partial charge in [0.1, 0.15) is 0 Å². The number of amides is 1. The summed E-state index contributed by atoms with van der Waals surface area (Å²) in [5.74, 6) is 2.17. The average molecular weight is 338 g/mol. The van der Waals surface area contributed by atoms with Crippen LogP contribution >= 0.6 is 12.4 Å². The zero-order valence-electron chi connectivity index (χ0n) is 14.0. The van der Waals surface area contributed by atoms with Gasteiger partial charge in [-0.05, 0) is 61.5 Å². The van der Waals surface area contributed by atoms with Crippen LogP contribution in [0.15, 0.2) is 24.3 Å². The highest BCUT2D eigenvalue weighted by atomic mass is 35.5. The van der Waals surface area contributed by atoms with Gasteiger partial charge in [0, 0.05) is 12.2 Å². The van der Waals surface area contributed by atoms with Crippen molar-refractivity contribution in [2.45, 2.75) is 26.2 Å². The third-order valence-electron chi connectivity index (χ3n) is 5.02. The van der Waals surface area contributed by atoms with Crippen molar-refractivity contribution in [3.8, 4) is 0 Å². The van der Waals surface area contributed by atoms with Crippen LogP contribution in [0.3, 0.4) is 0 Å². The van der Waals surface area contributed by atoms with E-state index in [-0.39, 0.29) is 18.3 Å². The van der Waals surface area contributed by atoms with Crippen molar-refractivity contribution in [3.63, 3.8) is 0 Å². The number of halogens is 1. The van der Waals surface area contributed by atoms with Crippen LogP contribution in [-0.2, 0) is 4.79 Å². The van der Waals surface area contributed by atoms with Gasteiger partial charge in [-0.3, -0.25) is 9.69 Å². The summed E-state index contributed by atoms with van der Waals surface area (Å²) in [6, 6.07) is 8.19. The topological polar surface area (TPSA) is 44.4 Å². The second-order valence-corrected chi connectivity index (χ2v) is 7.03. The number of rotatable bonds is 4. The van der Waals surface area contributed by atoms with Gasteiger partial charge in [0.05, 0.1) is 6.54 Å². The van der Waals surface area contributed by atoms with Crippen LogP contribution in [0, 0.1) is 11.8 Å². The van der Waals surface area contributed by atoms with E-state index in [1.165, 1.54) is 12.0 Å². The van der Waals surface area contributed by atoms with E-state index in [1.807, 2.05) is 12.1 Å². The number of hydrogen-bond acceptors (Lipinski definition) is 3. The Morgan fingerprint density at radius 3 is 2.65 bits per heavy atom. The molecule has 23 heavy (non-hydrogen) atoms. The van der Waals surface area contributed by atoms with Gasteiger partial charge in [-0.2, -0.15) is 0 Å². The van der Waals surface area contributed by atoms with Gasteiger partial charge in [-0.25, -0.2) is 0 Å². The molecule has 0 spiro atoms. The monoisotopic (exact) mass is 337 g/mol. The lowest BCUT2D eigenvalue weighted by Crippen LogP contribution is -2.43. The predicted octanol–water partition coefficient (Wildman–Crippen LogP) is 2.71. The summed E-state index contributed by atoms with van der Waals surface area (Å²) in [5.41, 5.74) is 2.20. The van der Waals surface area contributed by atoms with Crippen molar-refractivity contribution < 1.29 is 4.79 Å². The molecule has 3 rings (SSSR count). The van der Waals surface area contributed by atoms with Crippen LogP contribution in [0.1, 0.15) is 31.7 Å². The van der Waals surface area contributed by atoms with Crippen molar-refractivity contribution >= 4 is 24.0 Å². The Hall–Kier alpha value is -1.10. The zero-order chi connectivity index (χ0) is 15.5. The number of benzene rings is 1. The van der Waals surface area contributed by atoms with Gasteiger partial charge in [0.15, 0.2) is 0 Å². The van der Waals surface area contributed by atoms with Crippen molar-refractivity contribution in [3.05, 3.63) is 29.8 Å². The van der Waals surface area contributed by atoms with Crippen molar-refractivity contribution in [1.29, 1.82) is 0 Å². The SMILES string of the molecule is CC(C)c1ccc(NC(=O)CN2CCC3CNCC3C2)cc1.Cl. The summed E-state index contributed by atoms with van der Waals surface area (Å²) in [7, 11) is 0. The maximum atomic E-state index is 12.2. The first-order chi connectivity index (χ1) is 10.6. The summed E-state index contributed by atoms with van der Waals surface area (Å²) in [6.45, 7) is 9.23. The molecule has 5 heteroatoms. The zero-order valence-corrected chi connectivity index (χ0v) is 14.9. The van der Waals surface area contributed by atoms with E-state index in [4.69, 9.17) is 0 Å². The smallest absolute Gasteiger partial charge is 0.238 e. The van der Waals surface area contributed by atoms with Crippen LogP contribution in [0.5, 0.6) is 0 Å². The summed E-state index contributed by atoms with van der Waals surface area (Å²) in [6.07, 6.45) is 1.22. The number of likely N-dealkylation sites (tertiary alicyclic amines) is 1. The molecule has 2 aliphatic heterocycles. The molecule has 128 valence electrons. The molecule has 1 aromatic rings. The molecule has 0 bridgehead atoms. The largest absolute Gasteiger partial charge is 0.325 e. The Bertz CT molecular complexity index is 518. The van der Waals surface area contributed by atoms with Gasteiger partial charge in [-0.1, -0.05) is 26.0 Å². The number of carbonyl (C=O) groups excluding carboxylic acids is 1. The first-order valence-corrected chi connectivity index (χ1v) is 8.44. The molecule has 0 saturated carbocycles. The standard InChI is InChI=1S/C18H27N3O.ClH/c1-13(2)14-3-5-17(6-4-14)20-18(22)12-21-8-7-15-9-19-10-16(15)11-21;/h3-6,13,15-16,19H,7-12H2,1-2H3,(H,20,22);1H. The summed E-state index contributed by atoms with van der Waals surface area (Å²) in [5, 5.41) is 6.48. The molecule has 2 unspecified atom stereocenters. The fraction of sp³-hybridized carbons (Fsp3) is 0.611. The number of hydrogen-bond donors (Lipinski definition) is 2. The van der Waals surface area contributed by atoms with Gasteiger partial charge >= 0.3 is 0 Å². The third kappa shape index (κ3) is 4.69. The Kier molecular flexibility index (Phi) is 6.45. The molecule has 1 amide bonds. The van der Waals surface area contributed by atoms with Crippen LogP contribution in [0.25, 0.3) is 0 Å². The molecule has 0 aromatic heterocycles. The first kappa shape index (κ1) is 18.2. The number of fused-ring (bicyclic) bond motifs is 1. The Labute approximate surface area is 145 Å². The molecular formula is C18H28ClN3O. The minimum atomic E-state index is 0. The summed E-state index contributed by atoms with van der Waals surface area (Å²) >= 11 is 0. The van der Waals surface area contributed by atoms with Crippen LogP contribution in [-0.4, -0.2) is 43.5 Å². The highest BCUT2D eigenvalue weighted by Crippen LogP contribution is 2.26. The van der Waals surface area contributed by atoms with E-state index in [2.05, 4.69) is 41.5 Å². The summed E-state index contributed by atoms with van der Waals surface area (Å²) < 4.78 is 0. The molecule has 4 nitrogen and oxygen atoms in total. The molecular weight excluding hydrogens is 310 g/mol. The minimum Gasteiger partial charge on any atom is -0.325 e. The normalized spacial score (nSPS) is 24.1. The number of nitrogens with one attached hydrogen (secondary N) is 2. The number of piperidine rings is 1. The molecule has 2 heterocycles. The highest BCUT2D eigenvalue weighted by Gasteiger charge is 2.33. The molecule has 2 atom stereocenters. The minimum absolute atomic E-state index is 0. The lowest BCUT2D eigenvalue weighted by molar-refractivity contribution is -0.117. The fourth-order valence-corrected chi connectivity index (χ4v) is 3.61. The van der Waals surface area contributed by atoms with E-state index in [9.17, 15) is 4.79 Å². The van der Waals surface area contributed by atoms with E-state index < -0.39 is 0 Å². The number of anilines is 1. The second kappa shape index (κ2) is 8.13.